The Morgan fingerprint density at radius 2 is 1.84 bits per heavy atom. The van der Waals surface area contributed by atoms with Gasteiger partial charge in [0.25, 0.3) is 0 Å². The minimum absolute atomic E-state index is 0.437. The molecule has 3 rings (SSSR count). The van der Waals surface area contributed by atoms with Crippen LogP contribution in [0.2, 0.25) is 0 Å². The molecule has 4 heteroatoms. The van der Waals surface area contributed by atoms with E-state index in [-0.39, 0.29) is 0 Å². The van der Waals surface area contributed by atoms with E-state index in [1.54, 1.807) is 6.20 Å². The molecule has 128 valence electrons. The topological polar surface area (TPSA) is 50.2 Å². The first-order valence-corrected chi connectivity index (χ1v) is 8.84. The van der Waals surface area contributed by atoms with Crippen molar-refractivity contribution in [1.82, 2.24) is 10.2 Å². The van der Waals surface area contributed by atoms with Crippen LogP contribution in [0, 0.1) is 0 Å². The van der Waals surface area contributed by atoms with Gasteiger partial charge in [-0.05, 0) is 24.3 Å². The molecule has 0 radical (unpaired) electrons. The van der Waals surface area contributed by atoms with E-state index in [1.165, 1.54) is 5.56 Å². The standard InChI is InChI=1S/C21H24N4/c1-3-9-19(14-16(2)17-10-5-4-6-11-17)23-25-21-20-13-8-7-12-18(20)15-22-24-21/h4-8,10-13,15-16H,3,9,14H2,1-2H3,(H,24,25). The third-order valence-electron chi connectivity index (χ3n) is 4.34. The third kappa shape index (κ3) is 4.41. The second kappa shape index (κ2) is 8.38. The summed E-state index contributed by atoms with van der Waals surface area (Å²) in [4.78, 5) is 0. The Balaban J connectivity index is 1.78. The number of hydrazone groups is 1. The lowest BCUT2D eigenvalue weighted by Gasteiger charge is -2.14. The molecular formula is C21H24N4. The van der Waals surface area contributed by atoms with Gasteiger partial charge in [-0.1, -0.05) is 74.9 Å². The Morgan fingerprint density at radius 3 is 2.64 bits per heavy atom. The predicted octanol–water partition coefficient (Wildman–Crippen LogP) is 5.39. The second-order valence-corrected chi connectivity index (χ2v) is 6.34. The van der Waals surface area contributed by atoms with Crippen LogP contribution in [-0.4, -0.2) is 15.9 Å². The number of aromatic nitrogens is 2. The maximum atomic E-state index is 4.66. The molecule has 1 aromatic heterocycles. The van der Waals surface area contributed by atoms with Crippen LogP contribution in [0.5, 0.6) is 0 Å². The minimum Gasteiger partial charge on any atom is -0.259 e. The number of hydrogen-bond acceptors (Lipinski definition) is 4. The van der Waals surface area contributed by atoms with Crippen molar-refractivity contribution in [2.24, 2.45) is 5.10 Å². The molecule has 4 nitrogen and oxygen atoms in total. The van der Waals surface area contributed by atoms with Gasteiger partial charge in [-0.3, -0.25) is 5.43 Å². The van der Waals surface area contributed by atoms with Gasteiger partial charge in [-0.2, -0.15) is 10.2 Å². The van der Waals surface area contributed by atoms with Gasteiger partial charge in [0.15, 0.2) is 5.82 Å². The predicted molar refractivity (Wildman–Crippen MR) is 105 cm³/mol. The number of rotatable bonds is 7. The summed E-state index contributed by atoms with van der Waals surface area (Å²) in [5.41, 5.74) is 5.65. The summed E-state index contributed by atoms with van der Waals surface area (Å²) in [5.74, 6) is 1.14. The van der Waals surface area contributed by atoms with Crippen LogP contribution in [0.3, 0.4) is 0 Å². The molecular weight excluding hydrogens is 308 g/mol. The molecule has 0 saturated heterocycles. The molecule has 3 aromatic rings. The van der Waals surface area contributed by atoms with E-state index in [1.807, 2.05) is 24.3 Å². The molecule has 0 spiro atoms. The van der Waals surface area contributed by atoms with Crippen LogP contribution in [0.25, 0.3) is 10.8 Å². The average Bonchev–Trinajstić information content (AvgIpc) is 2.67. The van der Waals surface area contributed by atoms with Gasteiger partial charge in [0.1, 0.15) is 0 Å². The van der Waals surface area contributed by atoms with Crippen molar-refractivity contribution in [1.29, 1.82) is 0 Å². The Hall–Kier alpha value is -2.75. The number of hydrogen-bond donors (Lipinski definition) is 1. The zero-order valence-electron chi connectivity index (χ0n) is 14.8. The van der Waals surface area contributed by atoms with Crippen molar-refractivity contribution in [2.75, 3.05) is 5.43 Å². The molecule has 1 atom stereocenters. The Labute approximate surface area is 149 Å². The van der Waals surface area contributed by atoms with E-state index < -0.39 is 0 Å². The van der Waals surface area contributed by atoms with Gasteiger partial charge in [0.05, 0.1) is 6.20 Å². The molecule has 0 saturated carbocycles. The highest BCUT2D eigenvalue weighted by Gasteiger charge is 2.10. The summed E-state index contributed by atoms with van der Waals surface area (Å²) in [6.07, 6.45) is 4.75. The quantitative estimate of drug-likeness (QED) is 0.466. The largest absolute Gasteiger partial charge is 0.259 e. The molecule has 0 aliphatic carbocycles. The summed E-state index contributed by atoms with van der Waals surface area (Å²) >= 11 is 0. The lowest BCUT2D eigenvalue weighted by atomic mass is 9.94. The zero-order chi connectivity index (χ0) is 17.5. The van der Waals surface area contributed by atoms with E-state index in [0.29, 0.717) is 11.7 Å². The van der Waals surface area contributed by atoms with Crippen LogP contribution in [0.15, 0.2) is 65.9 Å². The van der Waals surface area contributed by atoms with Gasteiger partial charge in [0, 0.05) is 16.5 Å². The van der Waals surface area contributed by atoms with E-state index >= 15 is 0 Å². The van der Waals surface area contributed by atoms with Crippen molar-refractivity contribution in [3.05, 3.63) is 66.4 Å². The minimum atomic E-state index is 0.437. The van der Waals surface area contributed by atoms with E-state index in [0.717, 1.165) is 35.7 Å². The molecule has 0 amide bonds. The summed E-state index contributed by atoms with van der Waals surface area (Å²) in [6, 6.07) is 18.7. The first-order chi connectivity index (χ1) is 12.3. The summed E-state index contributed by atoms with van der Waals surface area (Å²) in [6.45, 7) is 4.43. The SMILES string of the molecule is CCCC(CC(C)c1ccccc1)=NNc1nncc2ccccc12. The molecule has 0 fully saturated rings. The number of benzene rings is 2. The molecule has 1 unspecified atom stereocenters. The van der Waals surface area contributed by atoms with Crippen LogP contribution in [0.4, 0.5) is 5.82 Å². The summed E-state index contributed by atoms with van der Waals surface area (Å²) < 4.78 is 0. The molecule has 2 aromatic carbocycles. The number of fused-ring (bicyclic) bond motifs is 1. The first kappa shape index (κ1) is 17.1. The highest BCUT2D eigenvalue weighted by molar-refractivity contribution is 5.92. The van der Waals surface area contributed by atoms with Crippen molar-refractivity contribution >= 4 is 22.3 Å². The molecule has 25 heavy (non-hydrogen) atoms. The smallest absolute Gasteiger partial charge is 0.176 e. The van der Waals surface area contributed by atoms with Crippen LogP contribution >= 0.6 is 0 Å². The van der Waals surface area contributed by atoms with Crippen LogP contribution in [0.1, 0.15) is 44.6 Å². The number of nitrogens with one attached hydrogen (secondary N) is 1. The maximum absolute atomic E-state index is 4.66. The zero-order valence-corrected chi connectivity index (χ0v) is 14.8. The van der Waals surface area contributed by atoms with Crippen molar-refractivity contribution in [3.8, 4) is 0 Å². The van der Waals surface area contributed by atoms with Gasteiger partial charge in [-0.25, -0.2) is 0 Å². The summed E-state index contributed by atoms with van der Waals surface area (Å²) in [5, 5.41) is 15.0. The lowest BCUT2D eigenvalue weighted by Crippen LogP contribution is -2.08. The van der Waals surface area contributed by atoms with Crippen molar-refractivity contribution in [3.63, 3.8) is 0 Å². The van der Waals surface area contributed by atoms with Crippen LogP contribution < -0.4 is 5.43 Å². The Kier molecular flexibility index (Phi) is 5.73. The van der Waals surface area contributed by atoms with Gasteiger partial charge in [-0.15, -0.1) is 5.10 Å². The van der Waals surface area contributed by atoms with E-state index in [2.05, 4.69) is 64.9 Å². The third-order valence-corrected chi connectivity index (χ3v) is 4.34. The van der Waals surface area contributed by atoms with E-state index in [9.17, 15) is 0 Å². The molecule has 0 aliphatic heterocycles. The van der Waals surface area contributed by atoms with E-state index in [4.69, 9.17) is 0 Å². The maximum Gasteiger partial charge on any atom is 0.176 e. The fourth-order valence-electron chi connectivity index (χ4n) is 2.99. The lowest BCUT2D eigenvalue weighted by molar-refractivity contribution is 0.783. The summed E-state index contributed by atoms with van der Waals surface area (Å²) in [7, 11) is 0. The monoisotopic (exact) mass is 332 g/mol. The first-order valence-electron chi connectivity index (χ1n) is 8.84. The molecule has 1 heterocycles. The molecule has 0 bridgehead atoms. The highest BCUT2D eigenvalue weighted by Crippen LogP contribution is 2.22. The Morgan fingerprint density at radius 1 is 1.08 bits per heavy atom. The fourth-order valence-corrected chi connectivity index (χ4v) is 2.99. The fraction of sp³-hybridized carbons (Fsp3) is 0.286. The van der Waals surface area contributed by atoms with Gasteiger partial charge < -0.3 is 0 Å². The Bertz CT molecular complexity index is 837. The van der Waals surface area contributed by atoms with Crippen molar-refractivity contribution in [2.45, 2.75) is 39.0 Å². The highest BCUT2D eigenvalue weighted by atomic mass is 15.3. The molecule has 0 aliphatic rings. The average molecular weight is 332 g/mol. The second-order valence-electron chi connectivity index (χ2n) is 6.34. The van der Waals surface area contributed by atoms with Gasteiger partial charge >= 0.3 is 0 Å². The van der Waals surface area contributed by atoms with Crippen molar-refractivity contribution < 1.29 is 0 Å². The molecule has 1 N–H and O–H groups in total. The number of nitrogens with zero attached hydrogens (tertiary/aromatic N) is 3. The van der Waals surface area contributed by atoms with Crippen LogP contribution in [-0.2, 0) is 0 Å². The normalized spacial score (nSPS) is 13.0. The number of anilines is 1. The van der Waals surface area contributed by atoms with Gasteiger partial charge in [0.2, 0.25) is 0 Å².